The minimum Gasteiger partial charge on any atom is -0.452 e. The smallest absolute Gasteiger partial charge is 0.338 e. The van der Waals surface area contributed by atoms with E-state index in [0.29, 0.717) is 24.3 Å². The summed E-state index contributed by atoms with van der Waals surface area (Å²) in [6.07, 6.45) is 2.59. The Hall–Kier alpha value is -2.42. The predicted octanol–water partition coefficient (Wildman–Crippen LogP) is 1.62. The molecule has 23 heavy (non-hydrogen) atoms. The monoisotopic (exact) mass is 338 g/mol. The molecule has 8 nitrogen and oxygen atoms in total. The number of nitrogens with zero attached hydrogens (tertiary/aromatic N) is 2. The minimum absolute atomic E-state index is 0.0185. The molecular formula is C14H14N2O6S. The molecule has 1 aromatic carbocycles. The van der Waals surface area contributed by atoms with Gasteiger partial charge in [-0.2, -0.15) is 0 Å². The SMILES string of the molecule is CSc1ccc(C(=O)OCC(=O)N2CCCC2=O)cc1[N+](=O)[O-]. The molecule has 0 unspecified atom stereocenters. The van der Waals surface area contributed by atoms with Crippen LogP contribution < -0.4 is 0 Å². The first-order valence-electron chi connectivity index (χ1n) is 6.76. The largest absolute Gasteiger partial charge is 0.452 e. The van der Waals surface area contributed by atoms with Crippen molar-refractivity contribution in [2.45, 2.75) is 17.7 Å². The van der Waals surface area contributed by atoms with Gasteiger partial charge >= 0.3 is 5.97 Å². The number of nitro benzene ring substituents is 1. The Morgan fingerprint density at radius 2 is 2.17 bits per heavy atom. The zero-order chi connectivity index (χ0) is 17.0. The van der Waals surface area contributed by atoms with E-state index in [9.17, 15) is 24.5 Å². The number of carbonyl (C=O) groups excluding carboxylic acids is 3. The van der Waals surface area contributed by atoms with E-state index >= 15 is 0 Å². The lowest BCUT2D eigenvalue weighted by Crippen LogP contribution is -2.35. The Kier molecular flexibility index (Phi) is 5.32. The van der Waals surface area contributed by atoms with Crippen molar-refractivity contribution in [1.82, 2.24) is 4.90 Å². The van der Waals surface area contributed by atoms with E-state index in [0.717, 1.165) is 11.0 Å². The van der Waals surface area contributed by atoms with Gasteiger partial charge in [0.1, 0.15) is 0 Å². The fourth-order valence-electron chi connectivity index (χ4n) is 2.16. The van der Waals surface area contributed by atoms with Crippen LogP contribution >= 0.6 is 11.8 Å². The van der Waals surface area contributed by atoms with E-state index in [1.54, 1.807) is 6.26 Å². The van der Waals surface area contributed by atoms with Crippen LogP contribution in [0.25, 0.3) is 0 Å². The molecule has 0 saturated carbocycles. The molecule has 1 heterocycles. The maximum Gasteiger partial charge on any atom is 0.338 e. The molecule has 0 aromatic heterocycles. The van der Waals surface area contributed by atoms with Crippen molar-refractivity contribution in [3.63, 3.8) is 0 Å². The topological polar surface area (TPSA) is 107 Å². The zero-order valence-electron chi connectivity index (χ0n) is 12.3. The van der Waals surface area contributed by atoms with Gasteiger partial charge < -0.3 is 4.74 Å². The maximum atomic E-state index is 11.9. The first-order valence-corrected chi connectivity index (χ1v) is 7.99. The highest BCUT2D eigenvalue weighted by Gasteiger charge is 2.27. The quantitative estimate of drug-likeness (QED) is 0.347. The zero-order valence-corrected chi connectivity index (χ0v) is 13.1. The van der Waals surface area contributed by atoms with E-state index < -0.39 is 23.4 Å². The molecule has 2 rings (SSSR count). The molecule has 9 heteroatoms. The van der Waals surface area contributed by atoms with Crippen LogP contribution in [0.5, 0.6) is 0 Å². The second-order valence-corrected chi connectivity index (χ2v) is 5.61. The van der Waals surface area contributed by atoms with Crippen LogP contribution in [-0.4, -0.2) is 47.0 Å². The van der Waals surface area contributed by atoms with Crippen molar-refractivity contribution in [3.05, 3.63) is 33.9 Å². The molecular weight excluding hydrogens is 324 g/mol. The fourth-order valence-corrected chi connectivity index (χ4v) is 2.71. The number of benzene rings is 1. The van der Waals surface area contributed by atoms with Gasteiger partial charge in [-0.25, -0.2) is 4.79 Å². The normalized spacial score (nSPS) is 14.0. The van der Waals surface area contributed by atoms with Gasteiger partial charge in [0.2, 0.25) is 5.91 Å². The highest BCUT2D eigenvalue weighted by Crippen LogP contribution is 2.28. The summed E-state index contributed by atoms with van der Waals surface area (Å²) < 4.78 is 4.85. The molecule has 1 saturated heterocycles. The molecule has 1 aliphatic heterocycles. The average molecular weight is 338 g/mol. The van der Waals surface area contributed by atoms with Gasteiger partial charge in [-0.1, -0.05) is 0 Å². The maximum absolute atomic E-state index is 11.9. The van der Waals surface area contributed by atoms with Crippen molar-refractivity contribution in [1.29, 1.82) is 0 Å². The first kappa shape index (κ1) is 16.9. The lowest BCUT2D eigenvalue weighted by molar-refractivity contribution is -0.387. The summed E-state index contributed by atoms with van der Waals surface area (Å²) in [4.78, 5) is 47.0. The molecule has 0 radical (unpaired) electrons. The number of nitro groups is 1. The lowest BCUT2D eigenvalue weighted by Gasteiger charge is -2.13. The summed E-state index contributed by atoms with van der Waals surface area (Å²) in [7, 11) is 0. The summed E-state index contributed by atoms with van der Waals surface area (Å²) in [6, 6.07) is 3.96. The molecule has 1 aromatic rings. The van der Waals surface area contributed by atoms with E-state index in [1.165, 1.54) is 23.9 Å². The van der Waals surface area contributed by atoms with Crippen LogP contribution in [0.4, 0.5) is 5.69 Å². The summed E-state index contributed by atoms with van der Waals surface area (Å²) in [5, 5.41) is 11.0. The van der Waals surface area contributed by atoms with E-state index in [1.807, 2.05) is 0 Å². The van der Waals surface area contributed by atoms with Crippen molar-refractivity contribution in [2.24, 2.45) is 0 Å². The van der Waals surface area contributed by atoms with Gasteiger partial charge in [-0.3, -0.25) is 24.6 Å². The second-order valence-electron chi connectivity index (χ2n) is 4.76. The molecule has 1 fully saturated rings. The van der Waals surface area contributed by atoms with E-state index in [-0.39, 0.29) is 17.2 Å². The Bertz CT molecular complexity index is 675. The van der Waals surface area contributed by atoms with Gasteiger partial charge in [-0.05, 0) is 24.8 Å². The third-order valence-electron chi connectivity index (χ3n) is 3.31. The molecule has 0 aliphatic carbocycles. The van der Waals surface area contributed by atoms with Crippen LogP contribution in [0.3, 0.4) is 0 Å². The number of carbonyl (C=O) groups is 3. The standard InChI is InChI=1S/C14H14N2O6S/c1-23-11-5-4-9(7-10(11)16(20)21)14(19)22-8-13(18)15-6-2-3-12(15)17/h4-5,7H,2-3,6,8H2,1H3. The molecule has 0 N–H and O–H groups in total. The molecule has 0 spiro atoms. The van der Waals surface area contributed by atoms with Crippen molar-refractivity contribution in [2.75, 3.05) is 19.4 Å². The number of thioether (sulfide) groups is 1. The molecule has 0 atom stereocenters. The van der Waals surface area contributed by atoms with Crippen LogP contribution in [-0.2, 0) is 14.3 Å². The minimum atomic E-state index is -0.847. The van der Waals surface area contributed by atoms with Gasteiger partial charge in [0.15, 0.2) is 6.61 Å². The number of amides is 2. The lowest BCUT2D eigenvalue weighted by atomic mass is 10.2. The Balaban J connectivity index is 2.03. The number of ether oxygens (including phenoxy) is 1. The highest BCUT2D eigenvalue weighted by molar-refractivity contribution is 7.98. The number of rotatable bonds is 5. The summed E-state index contributed by atoms with van der Waals surface area (Å²) in [6.45, 7) is -0.244. The molecule has 122 valence electrons. The summed E-state index contributed by atoms with van der Waals surface area (Å²) >= 11 is 1.19. The number of imide groups is 1. The third kappa shape index (κ3) is 3.86. The first-order chi connectivity index (χ1) is 10.9. The molecule has 2 amide bonds. The van der Waals surface area contributed by atoms with Crippen molar-refractivity contribution >= 4 is 35.2 Å². The Labute approximate surface area is 135 Å². The average Bonchev–Trinajstić information content (AvgIpc) is 2.97. The number of hydrogen-bond acceptors (Lipinski definition) is 7. The number of hydrogen-bond donors (Lipinski definition) is 0. The van der Waals surface area contributed by atoms with E-state index in [2.05, 4.69) is 0 Å². The Morgan fingerprint density at radius 3 is 2.74 bits per heavy atom. The van der Waals surface area contributed by atoms with Gasteiger partial charge in [0, 0.05) is 19.0 Å². The Morgan fingerprint density at radius 1 is 1.43 bits per heavy atom. The highest BCUT2D eigenvalue weighted by atomic mass is 32.2. The van der Waals surface area contributed by atoms with Crippen molar-refractivity contribution in [3.8, 4) is 0 Å². The van der Waals surface area contributed by atoms with E-state index in [4.69, 9.17) is 4.74 Å². The van der Waals surface area contributed by atoms with Crippen LogP contribution in [0.2, 0.25) is 0 Å². The van der Waals surface area contributed by atoms with Gasteiger partial charge in [0.25, 0.3) is 11.6 Å². The predicted molar refractivity (Wildman–Crippen MR) is 81.1 cm³/mol. The summed E-state index contributed by atoms with van der Waals surface area (Å²) in [5.74, 6) is -1.72. The third-order valence-corrected chi connectivity index (χ3v) is 4.10. The number of esters is 1. The van der Waals surface area contributed by atoms with Crippen LogP contribution in [0.1, 0.15) is 23.2 Å². The molecule has 0 bridgehead atoms. The van der Waals surface area contributed by atoms with Gasteiger partial charge in [-0.15, -0.1) is 11.8 Å². The summed E-state index contributed by atoms with van der Waals surface area (Å²) in [5.41, 5.74) is -0.219. The molecule has 1 aliphatic rings. The van der Waals surface area contributed by atoms with Crippen molar-refractivity contribution < 1.29 is 24.0 Å². The number of likely N-dealkylation sites (tertiary alicyclic amines) is 1. The van der Waals surface area contributed by atoms with Gasteiger partial charge in [0.05, 0.1) is 15.4 Å². The van der Waals surface area contributed by atoms with Crippen LogP contribution in [0.15, 0.2) is 23.1 Å². The van der Waals surface area contributed by atoms with Crippen LogP contribution in [0, 0.1) is 10.1 Å². The fraction of sp³-hybridized carbons (Fsp3) is 0.357. The second kappa shape index (κ2) is 7.23.